The van der Waals surface area contributed by atoms with Crippen molar-refractivity contribution in [2.75, 3.05) is 25.2 Å². The summed E-state index contributed by atoms with van der Waals surface area (Å²) < 4.78 is 14.9. The van der Waals surface area contributed by atoms with Gasteiger partial charge in [-0.3, -0.25) is 0 Å². The van der Waals surface area contributed by atoms with E-state index in [2.05, 4.69) is 159 Å². The molecule has 0 amide bonds. The number of allylic oxidation sites excluding steroid dienone is 10. The van der Waals surface area contributed by atoms with E-state index in [0.29, 0.717) is 30.3 Å². The number of terminal acetylenes is 1. The molecule has 4 aromatic rings. The molecule has 4 rings (SSSR count). The zero-order valence-corrected chi connectivity index (χ0v) is 55.9. The summed E-state index contributed by atoms with van der Waals surface area (Å²) in [6.45, 7) is 58.5. The van der Waals surface area contributed by atoms with Crippen molar-refractivity contribution in [1.29, 1.82) is 0 Å². The first-order valence-electron chi connectivity index (χ1n) is 30.3. The molecule has 0 saturated heterocycles. The number of phenols is 1. The summed E-state index contributed by atoms with van der Waals surface area (Å²) in [7, 11) is 2.03. The third kappa shape index (κ3) is 30.0. The minimum absolute atomic E-state index is 0.0279. The summed E-state index contributed by atoms with van der Waals surface area (Å²) in [6.07, 6.45) is 30.7. The smallest absolute Gasteiger partial charge is 0.146 e. The number of ether oxygens (including phenoxy) is 2. The maximum atomic E-state index is 11.4. The quantitative estimate of drug-likeness (QED) is 0.0466. The summed E-state index contributed by atoms with van der Waals surface area (Å²) in [5.41, 5.74) is 11.9. The van der Waals surface area contributed by atoms with Gasteiger partial charge in [0.2, 0.25) is 0 Å². The van der Waals surface area contributed by atoms with Crippen LogP contribution in [-0.2, 0) is 4.74 Å². The van der Waals surface area contributed by atoms with Gasteiger partial charge in [-0.25, -0.2) is 0 Å². The molecular weight excluding hydrogens is 981 g/mol. The number of fused-ring (bicyclic) bond motifs is 1. The van der Waals surface area contributed by atoms with E-state index in [1.54, 1.807) is 6.92 Å². The average molecular weight is 1100 g/mol. The second-order valence-corrected chi connectivity index (χ2v) is 18.1. The largest absolute Gasteiger partial charge is 0.505 e. The molecule has 3 unspecified atom stereocenters. The lowest BCUT2D eigenvalue weighted by Crippen LogP contribution is -2.19. The first-order valence-corrected chi connectivity index (χ1v) is 30.3. The Kier molecular flexibility index (Phi) is 54.2. The van der Waals surface area contributed by atoms with Gasteiger partial charge in [0.05, 0.1) is 31.1 Å². The Bertz CT molecular complexity index is 2430. The molecule has 450 valence electrons. The fourth-order valence-electron chi connectivity index (χ4n) is 8.01. The lowest BCUT2D eigenvalue weighted by atomic mass is 9.97. The van der Waals surface area contributed by atoms with Crippen molar-refractivity contribution in [1.82, 2.24) is 4.57 Å². The Morgan fingerprint density at radius 3 is 1.88 bits per heavy atom. The number of aliphatic hydroxyl groups is 1. The van der Waals surface area contributed by atoms with E-state index in [4.69, 9.17) is 9.47 Å². The van der Waals surface area contributed by atoms with Crippen LogP contribution in [0.5, 0.6) is 11.5 Å². The number of aryl methyl sites for hydroxylation is 1. The molecule has 1 aromatic heterocycles. The minimum atomic E-state index is -0.723. The number of benzene rings is 3. The van der Waals surface area contributed by atoms with Crippen LogP contribution in [0.25, 0.3) is 34.2 Å². The fraction of sp³-hybridized carbons (Fsp3) is 0.486. The van der Waals surface area contributed by atoms with Crippen molar-refractivity contribution in [2.24, 2.45) is 5.92 Å². The number of phenolic OH excluding ortho intramolecular Hbond substituents is 1. The lowest BCUT2D eigenvalue weighted by molar-refractivity contribution is 0.118. The maximum Gasteiger partial charge on any atom is 0.146 e. The average Bonchev–Trinajstić information content (AvgIpc) is 3.79. The topological polar surface area (TPSA) is 67.1 Å². The van der Waals surface area contributed by atoms with Crippen LogP contribution < -0.4 is 9.64 Å². The SMILES string of the molecule is C#C.C/C=C\C=C/C(C)C.C=Cc1c(/C=C\C)c2ccccc2n1C(C)/C=C(C)\C=C(\c1ccccc1OC(C)CCOCC(=C)c1cc(C)cc(N(C)/C(CCC)=C(\C)CC)c1O)C(C)O.CC.CC.CC.CC.CC.CCC. The molecule has 0 aliphatic carbocycles. The Balaban J connectivity index is -0.000000702. The normalized spacial score (nSPS) is 12.2. The van der Waals surface area contributed by atoms with E-state index >= 15 is 0 Å². The first kappa shape index (κ1) is 82.8. The van der Waals surface area contributed by atoms with E-state index < -0.39 is 6.10 Å². The first-order chi connectivity index (χ1) is 38.5. The predicted molar refractivity (Wildman–Crippen MR) is 366 cm³/mol. The van der Waals surface area contributed by atoms with Crippen molar-refractivity contribution in [3.8, 4) is 24.3 Å². The van der Waals surface area contributed by atoms with Crippen molar-refractivity contribution in [2.45, 2.75) is 217 Å². The van der Waals surface area contributed by atoms with E-state index in [1.807, 2.05) is 159 Å². The van der Waals surface area contributed by atoms with Crippen LogP contribution in [0.2, 0.25) is 0 Å². The van der Waals surface area contributed by atoms with E-state index in [0.717, 1.165) is 69.6 Å². The Morgan fingerprint density at radius 1 is 0.800 bits per heavy atom. The summed E-state index contributed by atoms with van der Waals surface area (Å²) in [6, 6.07) is 20.4. The molecule has 0 aliphatic heterocycles. The number of para-hydroxylation sites is 2. The molecule has 0 radical (unpaired) electrons. The molecule has 6 nitrogen and oxygen atoms in total. The van der Waals surface area contributed by atoms with Gasteiger partial charge in [0.1, 0.15) is 11.5 Å². The van der Waals surface area contributed by atoms with Gasteiger partial charge in [-0.1, -0.05) is 233 Å². The van der Waals surface area contributed by atoms with E-state index in [-0.39, 0.29) is 24.5 Å². The number of rotatable bonds is 22. The fourth-order valence-corrected chi connectivity index (χ4v) is 8.01. The Labute approximate surface area is 494 Å². The molecule has 80 heavy (non-hydrogen) atoms. The number of nitrogens with zero attached hydrogens (tertiary/aromatic N) is 2. The molecule has 0 saturated carbocycles. The highest BCUT2D eigenvalue weighted by molar-refractivity contribution is 5.94. The predicted octanol–water partition coefficient (Wildman–Crippen LogP) is 22.7. The molecule has 6 heteroatoms. The van der Waals surface area contributed by atoms with Gasteiger partial charge in [-0.15, -0.1) is 12.8 Å². The highest BCUT2D eigenvalue weighted by atomic mass is 16.5. The van der Waals surface area contributed by atoms with Crippen LogP contribution in [0, 0.1) is 25.7 Å². The van der Waals surface area contributed by atoms with Gasteiger partial charge >= 0.3 is 0 Å². The maximum absolute atomic E-state index is 11.4. The Hall–Kier alpha value is -6.00. The Morgan fingerprint density at radius 2 is 1.36 bits per heavy atom. The third-order valence-corrected chi connectivity index (χ3v) is 11.4. The van der Waals surface area contributed by atoms with Crippen LogP contribution in [0.3, 0.4) is 0 Å². The van der Waals surface area contributed by atoms with Gasteiger partial charge in [0, 0.05) is 58.5 Å². The van der Waals surface area contributed by atoms with Gasteiger partial charge in [0.25, 0.3) is 0 Å². The zero-order valence-electron chi connectivity index (χ0n) is 55.9. The van der Waals surface area contributed by atoms with Crippen molar-refractivity contribution < 1.29 is 19.7 Å². The van der Waals surface area contributed by atoms with Crippen LogP contribution >= 0.6 is 0 Å². The van der Waals surface area contributed by atoms with Crippen LogP contribution in [-0.4, -0.2) is 47.2 Å². The van der Waals surface area contributed by atoms with E-state index in [9.17, 15) is 10.2 Å². The lowest BCUT2D eigenvalue weighted by Gasteiger charge is -2.27. The van der Waals surface area contributed by atoms with Gasteiger partial charge < -0.3 is 29.2 Å². The molecule has 0 spiro atoms. The van der Waals surface area contributed by atoms with Gasteiger partial charge in [0.15, 0.2) is 0 Å². The van der Waals surface area contributed by atoms with Crippen LogP contribution in [0.4, 0.5) is 5.69 Å². The summed E-state index contributed by atoms with van der Waals surface area (Å²) in [4.78, 5) is 2.13. The van der Waals surface area contributed by atoms with Gasteiger partial charge in [-0.2, -0.15) is 0 Å². The van der Waals surface area contributed by atoms with Crippen LogP contribution in [0.15, 0.2) is 133 Å². The number of aromatic hydroxyl groups is 1. The summed E-state index contributed by atoms with van der Waals surface area (Å²) in [5, 5.41) is 23.7. The number of aromatic nitrogens is 1. The number of hydrogen-bond acceptors (Lipinski definition) is 5. The number of hydrogen-bond donors (Lipinski definition) is 2. The van der Waals surface area contributed by atoms with Crippen molar-refractivity contribution in [3.63, 3.8) is 0 Å². The molecule has 3 aromatic carbocycles. The zero-order chi connectivity index (χ0) is 62.9. The second kappa shape index (κ2) is 52.4. The van der Waals surface area contributed by atoms with E-state index in [1.165, 1.54) is 23.1 Å². The molecule has 0 aliphatic rings. The molecule has 2 N–H and O–H groups in total. The summed E-state index contributed by atoms with van der Waals surface area (Å²) in [5.74, 6) is 1.60. The standard InChI is InChI=1S/C51H66N2O4.C8H14.C3H8.5C2H6.C2H2/c1-13-21-41-42-23-17-19-25-48(42)53(46(41)16-4)38(9)29-34(5)31-45(40(11)54)43-24-18-20-26-50(43)57-39(10)27-28-56-33-37(8)44-30-35(6)32-49(51(44)55)52(12)47(22-14-2)36(7)15-3;1-4-5-6-7-8(2)3;1-3-2;6*1-2/h13,16-21,23-26,29-32,38-40,54-55H,4,8,14-15,22,27-28,33H2,1-3,5-7,9-12H3;4-8H,1-3H3;3H2,1-2H3;5*1-2H3;1-2H/b21-13-,34-29-,45-31+,47-36+;5-4-,7-6-;;;;;;;. The number of anilines is 1. The van der Waals surface area contributed by atoms with Gasteiger partial charge in [-0.05, 0) is 121 Å². The molecule has 0 fully saturated rings. The highest BCUT2D eigenvalue weighted by Crippen LogP contribution is 2.39. The molecule has 0 bridgehead atoms. The van der Waals surface area contributed by atoms with Crippen LogP contribution in [0.1, 0.15) is 225 Å². The third-order valence-electron chi connectivity index (χ3n) is 11.4. The summed E-state index contributed by atoms with van der Waals surface area (Å²) >= 11 is 0. The monoisotopic (exact) mass is 1100 g/mol. The highest BCUT2D eigenvalue weighted by Gasteiger charge is 2.20. The number of aliphatic hydroxyl groups excluding tert-OH is 1. The van der Waals surface area contributed by atoms with Crippen molar-refractivity contribution >= 4 is 39.9 Å². The molecular formula is C74H120N2O4. The molecule has 1 heterocycles. The van der Waals surface area contributed by atoms with Crippen molar-refractivity contribution in [3.05, 3.63) is 161 Å². The molecule has 3 atom stereocenters. The second-order valence-electron chi connectivity index (χ2n) is 18.1. The minimum Gasteiger partial charge on any atom is -0.505 e.